The number of carbonyl (C=O) groups excluding carboxylic acids is 2. The predicted octanol–water partition coefficient (Wildman–Crippen LogP) is 5.92. The minimum Gasteiger partial charge on any atom is -0.497 e. The van der Waals surface area contributed by atoms with E-state index in [9.17, 15) is 9.59 Å². The van der Waals surface area contributed by atoms with Crippen LogP contribution in [-0.4, -0.2) is 47.0 Å². The number of methoxy groups -OCH3 is 1. The Morgan fingerprint density at radius 2 is 1.95 bits per heavy atom. The third kappa shape index (κ3) is 5.86. The molecule has 2 atom stereocenters. The van der Waals surface area contributed by atoms with Crippen LogP contribution in [0.5, 0.6) is 5.75 Å². The quantitative estimate of drug-likeness (QED) is 0.392. The molecule has 1 aromatic heterocycles. The van der Waals surface area contributed by atoms with Gasteiger partial charge in [0.25, 0.3) is 0 Å². The summed E-state index contributed by atoms with van der Waals surface area (Å²) in [7, 11) is 1.62. The third-order valence-electron chi connectivity index (χ3n) is 6.59. The fourth-order valence-electron chi connectivity index (χ4n) is 4.48. The van der Waals surface area contributed by atoms with E-state index in [1.807, 2.05) is 62.4 Å². The second-order valence-electron chi connectivity index (χ2n) is 10.5. The van der Waals surface area contributed by atoms with Crippen LogP contribution in [-0.2, 0) is 15.0 Å². The molecule has 1 aliphatic heterocycles. The first-order valence-corrected chi connectivity index (χ1v) is 14.2. The van der Waals surface area contributed by atoms with Crippen LogP contribution >= 0.6 is 23.4 Å². The monoisotopic (exact) mass is 554 g/mol. The highest BCUT2D eigenvalue weighted by Crippen LogP contribution is 2.48. The van der Waals surface area contributed by atoms with Gasteiger partial charge in [-0.1, -0.05) is 51.4 Å². The molecule has 0 spiro atoms. The Morgan fingerprint density at radius 3 is 2.55 bits per heavy atom. The number of benzene rings is 2. The zero-order valence-electron chi connectivity index (χ0n) is 22.7. The van der Waals surface area contributed by atoms with Crippen molar-refractivity contribution in [3.05, 3.63) is 70.4 Å². The zero-order valence-corrected chi connectivity index (χ0v) is 24.3. The molecule has 9 heteroatoms. The highest BCUT2D eigenvalue weighted by Gasteiger charge is 2.40. The van der Waals surface area contributed by atoms with Gasteiger partial charge < -0.3 is 10.1 Å². The molecule has 2 heterocycles. The summed E-state index contributed by atoms with van der Waals surface area (Å²) >= 11 is 7.94. The van der Waals surface area contributed by atoms with Gasteiger partial charge in [-0.15, -0.1) is 11.8 Å². The van der Waals surface area contributed by atoms with Crippen LogP contribution in [0.4, 0.5) is 5.82 Å². The minimum absolute atomic E-state index is 0.00858. The van der Waals surface area contributed by atoms with Gasteiger partial charge in [-0.2, -0.15) is 5.10 Å². The fraction of sp³-hybridized carbons (Fsp3) is 0.414. The van der Waals surface area contributed by atoms with E-state index in [-0.39, 0.29) is 40.8 Å². The van der Waals surface area contributed by atoms with E-state index in [1.54, 1.807) is 16.7 Å². The van der Waals surface area contributed by atoms with Gasteiger partial charge in [0.15, 0.2) is 0 Å². The molecule has 0 unspecified atom stereocenters. The van der Waals surface area contributed by atoms with Crippen LogP contribution in [0, 0.1) is 0 Å². The lowest BCUT2D eigenvalue weighted by Crippen LogP contribution is -2.44. The first kappa shape index (κ1) is 28.0. The molecular weight excluding hydrogens is 520 g/mol. The lowest BCUT2D eigenvalue weighted by atomic mass is 9.87. The van der Waals surface area contributed by atoms with E-state index in [1.165, 1.54) is 11.8 Å². The average molecular weight is 555 g/mol. The lowest BCUT2D eigenvalue weighted by Gasteiger charge is -2.25. The van der Waals surface area contributed by atoms with Crippen molar-refractivity contribution in [1.82, 2.24) is 15.1 Å². The summed E-state index contributed by atoms with van der Waals surface area (Å²) in [5, 5.41) is 8.54. The summed E-state index contributed by atoms with van der Waals surface area (Å²) < 4.78 is 7.16. The van der Waals surface area contributed by atoms with Gasteiger partial charge >= 0.3 is 0 Å². The summed E-state index contributed by atoms with van der Waals surface area (Å²) in [4.78, 5) is 28.4. The Morgan fingerprint density at radius 1 is 1.24 bits per heavy atom. The van der Waals surface area contributed by atoms with E-state index in [4.69, 9.17) is 21.4 Å². The number of anilines is 1. The Kier molecular flexibility index (Phi) is 8.43. The molecule has 0 fully saturated rings. The Hall–Kier alpha value is -2.97. The number of rotatable bonds is 7. The van der Waals surface area contributed by atoms with Crippen molar-refractivity contribution in [1.29, 1.82) is 0 Å². The number of hydrogen-bond donors (Lipinski definition) is 1. The fourth-order valence-corrected chi connectivity index (χ4v) is 5.86. The molecule has 4 rings (SSSR count). The van der Waals surface area contributed by atoms with Gasteiger partial charge in [0.05, 0.1) is 29.5 Å². The standard InChI is InChI=1S/C29H35ClN4O3S/c1-7-18(2)31-23(35)16-33-24(36)17-38-26(19-9-8-10-20(30)15-19)25-27(29(3,4)5)32-34(28(25)33)21-11-13-22(37-6)14-12-21/h8-15,18,26H,7,16-17H2,1-6H3,(H,31,35)/t18-,26+/m0/s1. The zero-order chi connectivity index (χ0) is 27.6. The summed E-state index contributed by atoms with van der Waals surface area (Å²) in [5.74, 6) is 1.20. The minimum atomic E-state index is -0.336. The van der Waals surface area contributed by atoms with E-state index in [0.29, 0.717) is 10.8 Å². The van der Waals surface area contributed by atoms with Crippen LogP contribution in [0.15, 0.2) is 48.5 Å². The number of nitrogens with zero attached hydrogens (tertiary/aromatic N) is 3. The molecule has 0 radical (unpaired) electrons. The average Bonchev–Trinajstić information content (AvgIpc) is 3.22. The predicted molar refractivity (Wildman–Crippen MR) is 155 cm³/mol. The molecule has 0 saturated heterocycles. The molecule has 3 aromatic rings. The number of thioether (sulfide) groups is 1. The number of carbonyl (C=O) groups is 2. The number of halogens is 1. The smallest absolute Gasteiger partial charge is 0.240 e. The summed E-state index contributed by atoms with van der Waals surface area (Å²) in [6.45, 7) is 10.2. The normalized spacial score (nSPS) is 16.6. The van der Waals surface area contributed by atoms with Crippen molar-refractivity contribution in [3.63, 3.8) is 0 Å². The number of aromatic nitrogens is 2. The lowest BCUT2D eigenvalue weighted by molar-refractivity contribution is -0.123. The molecule has 0 saturated carbocycles. The van der Waals surface area contributed by atoms with E-state index < -0.39 is 0 Å². The van der Waals surface area contributed by atoms with Gasteiger partial charge in [-0.3, -0.25) is 14.5 Å². The van der Waals surface area contributed by atoms with Gasteiger partial charge in [0, 0.05) is 22.0 Å². The van der Waals surface area contributed by atoms with Crippen LogP contribution in [0.2, 0.25) is 5.02 Å². The molecule has 1 N–H and O–H groups in total. The van der Waals surface area contributed by atoms with Crippen molar-refractivity contribution in [3.8, 4) is 11.4 Å². The number of nitrogens with one attached hydrogen (secondary N) is 1. The van der Waals surface area contributed by atoms with E-state index in [0.717, 1.165) is 34.7 Å². The molecule has 7 nitrogen and oxygen atoms in total. The van der Waals surface area contributed by atoms with Crippen molar-refractivity contribution in [2.75, 3.05) is 24.3 Å². The van der Waals surface area contributed by atoms with Crippen molar-refractivity contribution < 1.29 is 14.3 Å². The van der Waals surface area contributed by atoms with Crippen molar-refractivity contribution in [2.45, 2.75) is 57.7 Å². The number of amides is 2. The first-order chi connectivity index (χ1) is 18.0. The maximum absolute atomic E-state index is 13.7. The summed E-state index contributed by atoms with van der Waals surface area (Å²) in [6.07, 6.45) is 0.801. The van der Waals surface area contributed by atoms with Crippen molar-refractivity contribution in [2.24, 2.45) is 0 Å². The Bertz CT molecular complexity index is 1320. The summed E-state index contributed by atoms with van der Waals surface area (Å²) in [6, 6.07) is 15.3. The Labute approximate surface area is 233 Å². The van der Waals surface area contributed by atoms with E-state index >= 15 is 0 Å². The maximum Gasteiger partial charge on any atom is 0.240 e. The van der Waals surface area contributed by atoms with Gasteiger partial charge in [-0.05, 0) is 55.3 Å². The third-order valence-corrected chi connectivity index (χ3v) is 8.08. The van der Waals surface area contributed by atoms with Gasteiger partial charge in [-0.25, -0.2) is 4.68 Å². The maximum atomic E-state index is 13.7. The van der Waals surface area contributed by atoms with Gasteiger partial charge in [0.1, 0.15) is 18.1 Å². The first-order valence-electron chi connectivity index (χ1n) is 12.8. The molecule has 2 aromatic carbocycles. The number of hydrogen-bond acceptors (Lipinski definition) is 5. The second kappa shape index (κ2) is 11.4. The SMILES string of the molecule is CC[C@H](C)NC(=O)CN1C(=O)CS[C@H](c2cccc(Cl)c2)c2c(C(C)(C)C)nn(-c3ccc(OC)cc3)c21. The van der Waals surface area contributed by atoms with E-state index in [2.05, 4.69) is 26.1 Å². The highest BCUT2D eigenvalue weighted by atomic mass is 35.5. The molecule has 2 amide bonds. The molecule has 1 aliphatic rings. The topological polar surface area (TPSA) is 76.5 Å². The number of fused-ring (bicyclic) bond motifs is 1. The van der Waals surface area contributed by atoms with Gasteiger partial charge in [0.2, 0.25) is 11.8 Å². The largest absolute Gasteiger partial charge is 0.497 e. The molecular formula is C29H35ClN4O3S. The van der Waals surface area contributed by atoms with Crippen LogP contribution < -0.4 is 15.0 Å². The second-order valence-corrected chi connectivity index (χ2v) is 12.1. The number of ether oxygens (including phenoxy) is 1. The van der Waals surface area contributed by atoms with Crippen LogP contribution in [0.25, 0.3) is 5.69 Å². The molecule has 202 valence electrons. The molecule has 0 bridgehead atoms. The highest BCUT2D eigenvalue weighted by molar-refractivity contribution is 8.00. The van der Waals surface area contributed by atoms with Crippen LogP contribution in [0.1, 0.15) is 63.1 Å². The molecule has 0 aliphatic carbocycles. The van der Waals surface area contributed by atoms with Crippen LogP contribution in [0.3, 0.4) is 0 Å². The molecule has 38 heavy (non-hydrogen) atoms. The Balaban J connectivity index is 1.98. The summed E-state index contributed by atoms with van der Waals surface area (Å²) in [5.41, 5.74) is 3.21. The van der Waals surface area contributed by atoms with Crippen molar-refractivity contribution >= 4 is 41.0 Å².